The lowest BCUT2D eigenvalue weighted by Crippen LogP contribution is -2.41. The zero-order chi connectivity index (χ0) is 23.4. The molecule has 1 N–H and O–H groups in total. The number of benzene rings is 1. The standard InChI is InChI=1S/C24H31N5O4/c1-17-6-8-18(9-7-17)15-28-10-4-11-29-21(24(28)32)13-20(26-29)23(31)27(2)16-22(30)25-14-19-5-3-12-33-19/h6-9,13,19H,3-5,10-12,14-16H2,1-2H3,(H,25,30). The number of hydrogen-bond acceptors (Lipinski definition) is 5. The van der Waals surface area contributed by atoms with Gasteiger partial charge in [-0.1, -0.05) is 29.8 Å². The van der Waals surface area contributed by atoms with E-state index < -0.39 is 0 Å². The number of ether oxygens (including phenoxy) is 1. The zero-order valence-corrected chi connectivity index (χ0v) is 19.2. The van der Waals surface area contributed by atoms with Crippen molar-refractivity contribution in [2.24, 2.45) is 0 Å². The van der Waals surface area contributed by atoms with E-state index in [-0.39, 0.29) is 36.1 Å². The van der Waals surface area contributed by atoms with Gasteiger partial charge in [-0.15, -0.1) is 0 Å². The van der Waals surface area contributed by atoms with Crippen LogP contribution in [0.3, 0.4) is 0 Å². The fraction of sp³-hybridized carbons (Fsp3) is 0.500. The second-order valence-electron chi connectivity index (χ2n) is 8.80. The number of amides is 3. The maximum absolute atomic E-state index is 13.2. The van der Waals surface area contributed by atoms with Crippen LogP contribution in [0.25, 0.3) is 0 Å². The lowest BCUT2D eigenvalue weighted by atomic mass is 10.1. The van der Waals surface area contributed by atoms with E-state index in [1.165, 1.54) is 10.5 Å². The Kier molecular flexibility index (Phi) is 7.08. The molecule has 33 heavy (non-hydrogen) atoms. The second-order valence-corrected chi connectivity index (χ2v) is 8.80. The molecule has 1 aromatic heterocycles. The molecule has 1 fully saturated rings. The van der Waals surface area contributed by atoms with Gasteiger partial charge >= 0.3 is 0 Å². The SMILES string of the molecule is Cc1ccc(CN2CCCn3nc(C(=O)N(C)CC(=O)NCC4CCCO4)cc3C2=O)cc1. The molecule has 176 valence electrons. The molecular weight excluding hydrogens is 422 g/mol. The van der Waals surface area contributed by atoms with E-state index in [0.717, 1.165) is 31.4 Å². The van der Waals surface area contributed by atoms with Crippen LogP contribution in [0.4, 0.5) is 0 Å². The van der Waals surface area contributed by atoms with Crippen LogP contribution in [-0.2, 0) is 22.6 Å². The lowest BCUT2D eigenvalue weighted by Gasteiger charge is -2.20. The third-order valence-electron chi connectivity index (χ3n) is 6.08. The van der Waals surface area contributed by atoms with Crippen LogP contribution in [0.5, 0.6) is 0 Å². The highest BCUT2D eigenvalue weighted by Gasteiger charge is 2.28. The molecule has 1 saturated heterocycles. The number of aromatic nitrogens is 2. The number of carbonyl (C=O) groups excluding carboxylic acids is 3. The van der Waals surface area contributed by atoms with Crippen molar-refractivity contribution in [1.82, 2.24) is 24.9 Å². The van der Waals surface area contributed by atoms with Crippen molar-refractivity contribution < 1.29 is 19.1 Å². The van der Waals surface area contributed by atoms with Crippen LogP contribution in [0.1, 0.15) is 51.4 Å². The summed E-state index contributed by atoms with van der Waals surface area (Å²) in [6, 6.07) is 9.66. The summed E-state index contributed by atoms with van der Waals surface area (Å²) in [5, 5.41) is 7.19. The highest BCUT2D eigenvalue weighted by Crippen LogP contribution is 2.18. The maximum atomic E-state index is 13.2. The first-order valence-electron chi connectivity index (χ1n) is 11.5. The number of carbonyl (C=O) groups is 3. The Bertz CT molecular complexity index is 1010. The molecule has 3 amide bonds. The molecule has 9 nitrogen and oxygen atoms in total. The van der Waals surface area contributed by atoms with Crippen molar-refractivity contribution in [2.75, 3.05) is 33.3 Å². The third-order valence-corrected chi connectivity index (χ3v) is 6.08. The fourth-order valence-corrected chi connectivity index (χ4v) is 4.18. The highest BCUT2D eigenvalue weighted by atomic mass is 16.5. The zero-order valence-electron chi connectivity index (χ0n) is 19.2. The molecule has 1 atom stereocenters. The quantitative estimate of drug-likeness (QED) is 0.687. The molecule has 1 aromatic carbocycles. The van der Waals surface area contributed by atoms with Gasteiger partial charge in [0.05, 0.1) is 12.6 Å². The van der Waals surface area contributed by atoms with Gasteiger partial charge in [-0.2, -0.15) is 5.10 Å². The monoisotopic (exact) mass is 453 g/mol. The Labute approximate surface area is 193 Å². The number of rotatable bonds is 7. The van der Waals surface area contributed by atoms with Gasteiger partial charge in [0.1, 0.15) is 5.69 Å². The van der Waals surface area contributed by atoms with Crippen LogP contribution >= 0.6 is 0 Å². The van der Waals surface area contributed by atoms with Crippen LogP contribution in [0.2, 0.25) is 0 Å². The molecule has 2 aliphatic heterocycles. The largest absolute Gasteiger partial charge is 0.376 e. The van der Waals surface area contributed by atoms with Gasteiger partial charge in [0.2, 0.25) is 5.91 Å². The van der Waals surface area contributed by atoms with Crippen LogP contribution < -0.4 is 5.32 Å². The minimum Gasteiger partial charge on any atom is -0.376 e. The molecule has 3 heterocycles. The first-order chi connectivity index (χ1) is 15.9. The Morgan fingerprint density at radius 2 is 2.00 bits per heavy atom. The van der Waals surface area contributed by atoms with Crippen molar-refractivity contribution in [3.63, 3.8) is 0 Å². The third kappa shape index (κ3) is 5.60. The van der Waals surface area contributed by atoms with Gasteiger partial charge in [-0.25, -0.2) is 0 Å². The minimum atomic E-state index is -0.388. The van der Waals surface area contributed by atoms with Gasteiger partial charge in [-0.3, -0.25) is 19.1 Å². The summed E-state index contributed by atoms with van der Waals surface area (Å²) in [5.41, 5.74) is 2.81. The maximum Gasteiger partial charge on any atom is 0.274 e. The number of hydrogen-bond donors (Lipinski definition) is 1. The summed E-state index contributed by atoms with van der Waals surface area (Å²) >= 11 is 0. The second kappa shape index (κ2) is 10.2. The van der Waals surface area contributed by atoms with E-state index in [4.69, 9.17) is 4.74 Å². The molecule has 0 saturated carbocycles. The van der Waals surface area contributed by atoms with E-state index >= 15 is 0 Å². The van der Waals surface area contributed by atoms with Gasteiger partial charge in [0, 0.05) is 45.9 Å². The molecular formula is C24H31N5O4. The normalized spacial score (nSPS) is 18.1. The minimum absolute atomic E-state index is 0.0487. The van der Waals surface area contributed by atoms with E-state index in [1.54, 1.807) is 22.7 Å². The molecule has 1 unspecified atom stereocenters. The van der Waals surface area contributed by atoms with Gasteiger partial charge in [-0.05, 0) is 31.7 Å². The predicted molar refractivity (Wildman–Crippen MR) is 122 cm³/mol. The van der Waals surface area contributed by atoms with Crippen molar-refractivity contribution >= 4 is 17.7 Å². The van der Waals surface area contributed by atoms with Crippen molar-refractivity contribution in [2.45, 2.75) is 45.4 Å². The van der Waals surface area contributed by atoms with Crippen LogP contribution in [0, 0.1) is 6.92 Å². The number of nitrogens with zero attached hydrogens (tertiary/aromatic N) is 4. The fourth-order valence-electron chi connectivity index (χ4n) is 4.18. The highest BCUT2D eigenvalue weighted by molar-refractivity contribution is 5.99. The van der Waals surface area contributed by atoms with E-state index in [1.807, 2.05) is 31.2 Å². The topological polar surface area (TPSA) is 96.8 Å². The van der Waals surface area contributed by atoms with Crippen molar-refractivity contribution in [3.05, 3.63) is 52.8 Å². The number of fused-ring (bicyclic) bond motifs is 1. The molecule has 0 aliphatic carbocycles. The average molecular weight is 454 g/mol. The van der Waals surface area contributed by atoms with Crippen molar-refractivity contribution in [3.8, 4) is 0 Å². The summed E-state index contributed by atoms with van der Waals surface area (Å²) in [6.07, 6.45) is 2.74. The summed E-state index contributed by atoms with van der Waals surface area (Å²) < 4.78 is 7.11. The summed E-state index contributed by atoms with van der Waals surface area (Å²) in [7, 11) is 1.56. The smallest absolute Gasteiger partial charge is 0.274 e. The Balaban J connectivity index is 1.38. The van der Waals surface area contributed by atoms with Gasteiger partial charge in [0.15, 0.2) is 5.69 Å². The summed E-state index contributed by atoms with van der Waals surface area (Å²) in [6.45, 7) is 4.83. The number of aryl methyl sites for hydroxylation is 2. The van der Waals surface area contributed by atoms with Crippen LogP contribution in [-0.4, -0.2) is 76.7 Å². The first-order valence-corrected chi connectivity index (χ1v) is 11.5. The molecule has 0 bridgehead atoms. The van der Waals surface area contributed by atoms with E-state index in [2.05, 4.69) is 10.4 Å². The number of likely N-dealkylation sites (N-methyl/N-ethyl adjacent to an activating group) is 1. The van der Waals surface area contributed by atoms with Gasteiger partial charge in [0.25, 0.3) is 11.8 Å². The Morgan fingerprint density at radius 1 is 1.21 bits per heavy atom. The van der Waals surface area contributed by atoms with Crippen molar-refractivity contribution in [1.29, 1.82) is 0 Å². The van der Waals surface area contributed by atoms with E-state index in [0.29, 0.717) is 31.9 Å². The molecule has 4 rings (SSSR count). The Morgan fingerprint density at radius 3 is 2.73 bits per heavy atom. The summed E-state index contributed by atoms with van der Waals surface area (Å²) in [5.74, 6) is -0.778. The number of nitrogens with one attached hydrogen (secondary N) is 1. The van der Waals surface area contributed by atoms with Gasteiger partial charge < -0.3 is 19.9 Å². The molecule has 2 aliphatic rings. The molecule has 0 radical (unpaired) electrons. The van der Waals surface area contributed by atoms with Crippen LogP contribution in [0.15, 0.2) is 30.3 Å². The predicted octanol–water partition coefficient (Wildman–Crippen LogP) is 1.60. The Hall–Kier alpha value is -3.20. The molecule has 0 spiro atoms. The lowest BCUT2D eigenvalue weighted by molar-refractivity contribution is -0.122. The average Bonchev–Trinajstić information content (AvgIpc) is 3.45. The molecule has 2 aromatic rings. The summed E-state index contributed by atoms with van der Waals surface area (Å²) in [4.78, 5) is 41.4. The van der Waals surface area contributed by atoms with E-state index in [9.17, 15) is 14.4 Å². The first kappa shape index (κ1) is 23.0. The molecule has 9 heteroatoms.